The van der Waals surface area contributed by atoms with Gasteiger partial charge in [-0.1, -0.05) is 11.6 Å². The summed E-state index contributed by atoms with van der Waals surface area (Å²) in [6, 6.07) is 1.31. The highest BCUT2D eigenvalue weighted by Crippen LogP contribution is 2.28. The van der Waals surface area contributed by atoms with Crippen molar-refractivity contribution in [1.82, 2.24) is 19.7 Å². The first-order chi connectivity index (χ1) is 7.47. The fraction of sp³-hybridized carbons (Fsp3) is 0.125. The van der Waals surface area contributed by atoms with Crippen molar-refractivity contribution in [2.24, 2.45) is 0 Å². The molecule has 4 nitrogen and oxygen atoms in total. The molecule has 0 saturated carbocycles. The smallest absolute Gasteiger partial charge is 0.224 e. The molecule has 0 aliphatic rings. The highest BCUT2D eigenvalue weighted by atomic mass is 35.5. The molecular weight excluding hydrogens is 245 g/mol. The third-order valence-electron chi connectivity index (χ3n) is 1.76. The monoisotopic (exact) mass is 248 g/mol. The van der Waals surface area contributed by atoms with Crippen molar-refractivity contribution in [3.8, 4) is 5.82 Å². The minimum Gasteiger partial charge on any atom is -0.224 e. The van der Waals surface area contributed by atoms with Gasteiger partial charge in [0.05, 0.1) is 11.8 Å². The molecule has 0 N–H and O–H groups in total. The summed E-state index contributed by atoms with van der Waals surface area (Å²) in [4.78, 5) is 7.35. The van der Waals surface area contributed by atoms with Gasteiger partial charge in [-0.3, -0.25) is 0 Å². The molecule has 0 saturated heterocycles. The van der Waals surface area contributed by atoms with Crippen LogP contribution < -0.4 is 0 Å². The zero-order chi connectivity index (χ0) is 11.8. The standard InChI is InChI=1S/C8H4ClF3N4/c9-6-1-7(14-4-13-6)16-3-5(2-15-16)8(10,11)12/h1-4H. The lowest BCUT2D eigenvalue weighted by atomic mass is 10.4. The van der Waals surface area contributed by atoms with Crippen molar-refractivity contribution < 1.29 is 13.2 Å². The second-order valence-electron chi connectivity index (χ2n) is 2.87. The lowest BCUT2D eigenvalue weighted by Crippen LogP contribution is -2.03. The molecule has 0 unspecified atom stereocenters. The molecule has 0 radical (unpaired) electrons. The molecule has 0 aromatic carbocycles. The number of alkyl halides is 3. The van der Waals surface area contributed by atoms with E-state index in [1.807, 2.05) is 0 Å². The van der Waals surface area contributed by atoms with Crippen molar-refractivity contribution in [1.29, 1.82) is 0 Å². The Balaban J connectivity index is 2.39. The summed E-state index contributed by atoms with van der Waals surface area (Å²) in [5.41, 5.74) is -0.845. The second-order valence-corrected chi connectivity index (χ2v) is 3.26. The second kappa shape index (κ2) is 3.75. The van der Waals surface area contributed by atoms with Gasteiger partial charge in [0.15, 0.2) is 5.82 Å². The van der Waals surface area contributed by atoms with Crippen LogP contribution in [0.3, 0.4) is 0 Å². The zero-order valence-corrected chi connectivity index (χ0v) is 8.37. The van der Waals surface area contributed by atoms with Gasteiger partial charge in [0, 0.05) is 12.3 Å². The van der Waals surface area contributed by atoms with E-state index in [1.54, 1.807) is 0 Å². The molecule has 0 bridgehead atoms. The van der Waals surface area contributed by atoms with Gasteiger partial charge < -0.3 is 0 Å². The van der Waals surface area contributed by atoms with Crippen LogP contribution in [0.15, 0.2) is 24.8 Å². The molecule has 84 valence electrons. The Labute approximate surface area is 92.7 Å². The van der Waals surface area contributed by atoms with Crippen LogP contribution in [-0.2, 0) is 6.18 Å². The Morgan fingerprint density at radius 3 is 2.56 bits per heavy atom. The van der Waals surface area contributed by atoms with Crippen LogP contribution in [0.25, 0.3) is 5.82 Å². The quantitative estimate of drug-likeness (QED) is 0.728. The number of nitrogens with zero attached hydrogens (tertiary/aromatic N) is 4. The SMILES string of the molecule is FC(F)(F)c1cnn(-c2cc(Cl)ncn2)c1. The molecule has 8 heteroatoms. The van der Waals surface area contributed by atoms with Crippen LogP contribution in [-0.4, -0.2) is 19.7 Å². The lowest BCUT2D eigenvalue weighted by molar-refractivity contribution is -0.137. The summed E-state index contributed by atoms with van der Waals surface area (Å²) >= 11 is 5.58. The number of halogens is 4. The average molecular weight is 249 g/mol. The van der Waals surface area contributed by atoms with E-state index in [9.17, 15) is 13.2 Å². The van der Waals surface area contributed by atoms with E-state index in [1.165, 1.54) is 6.07 Å². The Kier molecular flexibility index (Phi) is 2.55. The minimum atomic E-state index is -4.42. The molecule has 0 aliphatic heterocycles. The molecule has 0 fully saturated rings. The van der Waals surface area contributed by atoms with Gasteiger partial charge in [-0.15, -0.1) is 0 Å². The molecule has 2 aromatic heterocycles. The maximum absolute atomic E-state index is 12.3. The fourth-order valence-corrected chi connectivity index (χ4v) is 1.19. The number of aromatic nitrogens is 4. The Morgan fingerprint density at radius 1 is 1.25 bits per heavy atom. The van der Waals surface area contributed by atoms with Gasteiger partial charge in [-0.05, 0) is 0 Å². The molecule has 2 heterocycles. The highest BCUT2D eigenvalue weighted by molar-refractivity contribution is 6.29. The minimum absolute atomic E-state index is 0.133. The van der Waals surface area contributed by atoms with E-state index in [0.717, 1.165) is 23.4 Å². The van der Waals surface area contributed by atoms with E-state index in [0.29, 0.717) is 0 Å². The third kappa shape index (κ3) is 2.13. The van der Waals surface area contributed by atoms with E-state index in [2.05, 4.69) is 15.1 Å². The molecule has 16 heavy (non-hydrogen) atoms. The fourth-order valence-electron chi connectivity index (χ4n) is 1.04. The summed E-state index contributed by atoms with van der Waals surface area (Å²) in [5.74, 6) is 0.176. The average Bonchev–Trinajstić information content (AvgIpc) is 2.65. The largest absolute Gasteiger partial charge is 0.419 e. The summed E-state index contributed by atoms with van der Waals surface area (Å²) in [6.45, 7) is 0. The van der Waals surface area contributed by atoms with Crippen LogP contribution in [0.5, 0.6) is 0 Å². The lowest BCUT2D eigenvalue weighted by Gasteiger charge is -2.01. The van der Waals surface area contributed by atoms with Crippen LogP contribution in [0.2, 0.25) is 5.15 Å². The first-order valence-corrected chi connectivity index (χ1v) is 4.44. The van der Waals surface area contributed by atoms with E-state index in [-0.39, 0.29) is 11.0 Å². The van der Waals surface area contributed by atoms with Crippen molar-refractivity contribution in [3.05, 3.63) is 35.5 Å². The predicted molar refractivity (Wildman–Crippen MR) is 49.2 cm³/mol. The summed E-state index contributed by atoms with van der Waals surface area (Å²) in [6.07, 6.45) is -1.73. The molecular formula is C8H4ClF3N4. The van der Waals surface area contributed by atoms with Gasteiger partial charge in [-0.2, -0.15) is 18.3 Å². The molecule has 2 rings (SSSR count). The number of hydrogen-bond donors (Lipinski definition) is 0. The first kappa shape index (κ1) is 10.9. The van der Waals surface area contributed by atoms with Gasteiger partial charge in [0.1, 0.15) is 11.5 Å². The van der Waals surface area contributed by atoms with Crippen molar-refractivity contribution in [3.63, 3.8) is 0 Å². The zero-order valence-electron chi connectivity index (χ0n) is 7.61. The first-order valence-electron chi connectivity index (χ1n) is 4.06. The number of hydrogen-bond acceptors (Lipinski definition) is 3. The Bertz CT molecular complexity index is 508. The topological polar surface area (TPSA) is 43.6 Å². The normalized spacial score (nSPS) is 11.8. The summed E-state index contributed by atoms with van der Waals surface area (Å²) in [7, 11) is 0. The third-order valence-corrected chi connectivity index (χ3v) is 1.97. The molecule has 0 aliphatic carbocycles. The maximum Gasteiger partial charge on any atom is 0.419 e. The Hall–Kier alpha value is -1.63. The van der Waals surface area contributed by atoms with Crippen LogP contribution >= 0.6 is 11.6 Å². The van der Waals surface area contributed by atoms with E-state index in [4.69, 9.17) is 11.6 Å². The van der Waals surface area contributed by atoms with Gasteiger partial charge >= 0.3 is 6.18 Å². The molecule has 0 spiro atoms. The Morgan fingerprint density at radius 2 is 2.00 bits per heavy atom. The highest BCUT2D eigenvalue weighted by Gasteiger charge is 2.32. The summed E-state index contributed by atoms with van der Waals surface area (Å²) in [5, 5.41) is 3.68. The van der Waals surface area contributed by atoms with E-state index < -0.39 is 11.7 Å². The predicted octanol–water partition coefficient (Wildman–Crippen LogP) is 2.33. The number of rotatable bonds is 1. The molecule has 0 amide bonds. The van der Waals surface area contributed by atoms with Crippen molar-refractivity contribution in [2.75, 3.05) is 0 Å². The van der Waals surface area contributed by atoms with Crippen molar-refractivity contribution >= 4 is 11.6 Å². The molecule has 2 aromatic rings. The van der Waals surface area contributed by atoms with Gasteiger partial charge in [0.25, 0.3) is 0 Å². The van der Waals surface area contributed by atoms with Crippen LogP contribution in [0.4, 0.5) is 13.2 Å². The van der Waals surface area contributed by atoms with Crippen LogP contribution in [0.1, 0.15) is 5.56 Å². The van der Waals surface area contributed by atoms with E-state index >= 15 is 0 Å². The summed E-state index contributed by atoms with van der Waals surface area (Å²) < 4.78 is 37.8. The van der Waals surface area contributed by atoms with Gasteiger partial charge in [0.2, 0.25) is 0 Å². The van der Waals surface area contributed by atoms with Gasteiger partial charge in [-0.25, -0.2) is 14.6 Å². The van der Waals surface area contributed by atoms with Crippen molar-refractivity contribution in [2.45, 2.75) is 6.18 Å². The van der Waals surface area contributed by atoms with Crippen LogP contribution in [0, 0.1) is 0 Å². The maximum atomic E-state index is 12.3. The molecule has 0 atom stereocenters.